The Bertz CT molecular complexity index is 250. The highest BCUT2D eigenvalue weighted by atomic mass is 28.2. The first kappa shape index (κ1) is 11.7. The lowest BCUT2D eigenvalue weighted by Gasteiger charge is -2.12. The standard InChI is InChI=1S/C12H22Si2/c1-9(2)13-11-7-5-6-8-12(11)14-10(3)4/h5-10H,13-14H2,1-4H3. The molecule has 0 fully saturated rings. The first-order valence-electron chi connectivity index (χ1n) is 5.66. The molecule has 2 heteroatoms. The monoisotopic (exact) mass is 222 g/mol. The van der Waals surface area contributed by atoms with Crippen molar-refractivity contribution in [2.45, 2.75) is 38.8 Å². The Morgan fingerprint density at radius 2 is 1.14 bits per heavy atom. The van der Waals surface area contributed by atoms with Crippen molar-refractivity contribution in [3.05, 3.63) is 24.3 Å². The van der Waals surface area contributed by atoms with Crippen LogP contribution in [0.1, 0.15) is 27.7 Å². The van der Waals surface area contributed by atoms with E-state index in [0.29, 0.717) is 0 Å². The quantitative estimate of drug-likeness (QED) is 0.665. The van der Waals surface area contributed by atoms with E-state index in [9.17, 15) is 0 Å². The molecule has 0 N–H and O–H groups in total. The van der Waals surface area contributed by atoms with Gasteiger partial charge in [-0.2, -0.15) is 0 Å². The van der Waals surface area contributed by atoms with Crippen molar-refractivity contribution in [1.29, 1.82) is 0 Å². The zero-order valence-electron chi connectivity index (χ0n) is 9.88. The summed E-state index contributed by atoms with van der Waals surface area (Å²) in [5.41, 5.74) is 1.83. The van der Waals surface area contributed by atoms with Crippen LogP contribution in [0.25, 0.3) is 0 Å². The lowest BCUT2D eigenvalue weighted by atomic mass is 10.4. The summed E-state index contributed by atoms with van der Waals surface area (Å²) in [5.74, 6) is 0. The topological polar surface area (TPSA) is 0 Å². The van der Waals surface area contributed by atoms with Gasteiger partial charge in [-0.25, -0.2) is 0 Å². The molecule has 0 nitrogen and oxygen atoms in total. The van der Waals surface area contributed by atoms with Crippen molar-refractivity contribution >= 4 is 29.4 Å². The SMILES string of the molecule is CC(C)[SiH2]c1ccccc1[SiH2]C(C)C. The predicted octanol–water partition coefficient (Wildman–Crippen LogP) is 0.931. The molecule has 1 aromatic carbocycles. The van der Waals surface area contributed by atoms with Crippen LogP contribution in [0.4, 0.5) is 0 Å². The molecule has 1 aromatic rings. The number of benzene rings is 1. The third-order valence-corrected chi connectivity index (χ3v) is 6.77. The molecule has 14 heavy (non-hydrogen) atoms. The highest BCUT2D eigenvalue weighted by molar-refractivity contribution is 6.67. The van der Waals surface area contributed by atoms with Crippen molar-refractivity contribution in [3.8, 4) is 0 Å². The predicted molar refractivity (Wildman–Crippen MR) is 73.0 cm³/mol. The molecule has 0 aliphatic rings. The van der Waals surface area contributed by atoms with E-state index < -0.39 is 0 Å². The number of hydrogen-bond acceptors (Lipinski definition) is 0. The van der Waals surface area contributed by atoms with Crippen LogP contribution < -0.4 is 10.4 Å². The van der Waals surface area contributed by atoms with Gasteiger partial charge in [-0.1, -0.05) is 73.4 Å². The van der Waals surface area contributed by atoms with Gasteiger partial charge in [-0.15, -0.1) is 0 Å². The Labute approximate surface area is 92.8 Å². The maximum absolute atomic E-state index is 2.37. The van der Waals surface area contributed by atoms with E-state index in [-0.39, 0.29) is 19.0 Å². The summed E-state index contributed by atoms with van der Waals surface area (Å²) in [6.07, 6.45) is 0. The molecule has 0 saturated carbocycles. The zero-order valence-corrected chi connectivity index (χ0v) is 12.7. The van der Waals surface area contributed by atoms with Crippen LogP contribution in [0.5, 0.6) is 0 Å². The highest BCUT2D eigenvalue weighted by Gasteiger charge is 2.06. The Kier molecular flexibility index (Phi) is 4.62. The zero-order chi connectivity index (χ0) is 10.6. The maximum Gasteiger partial charge on any atom is 0.0571 e. The van der Waals surface area contributed by atoms with E-state index in [1.807, 2.05) is 0 Å². The van der Waals surface area contributed by atoms with Gasteiger partial charge >= 0.3 is 0 Å². The second kappa shape index (κ2) is 5.51. The Morgan fingerprint density at radius 1 is 0.786 bits per heavy atom. The molecule has 78 valence electrons. The van der Waals surface area contributed by atoms with Gasteiger partial charge in [-0.05, 0) is 0 Å². The van der Waals surface area contributed by atoms with Crippen LogP contribution in [-0.2, 0) is 0 Å². The van der Waals surface area contributed by atoms with Gasteiger partial charge in [0.15, 0.2) is 0 Å². The first-order valence-corrected chi connectivity index (χ1v) is 8.71. The van der Waals surface area contributed by atoms with Crippen LogP contribution in [-0.4, -0.2) is 19.0 Å². The maximum atomic E-state index is 2.37. The Hall–Kier alpha value is -0.346. The minimum Gasteiger partial charge on any atom is -0.0680 e. The molecule has 0 atom stereocenters. The van der Waals surface area contributed by atoms with Crippen molar-refractivity contribution in [3.63, 3.8) is 0 Å². The Morgan fingerprint density at radius 3 is 1.43 bits per heavy atom. The summed E-state index contributed by atoms with van der Waals surface area (Å²) in [6, 6.07) is 9.17. The molecule has 0 aromatic heterocycles. The molecule has 0 heterocycles. The average molecular weight is 222 g/mol. The minimum absolute atomic E-state index is 0.0138. The fourth-order valence-electron chi connectivity index (χ4n) is 1.84. The van der Waals surface area contributed by atoms with Crippen molar-refractivity contribution < 1.29 is 0 Å². The van der Waals surface area contributed by atoms with Crippen LogP contribution in [0.15, 0.2) is 24.3 Å². The normalized spacial score (nSPS) is 13.0. The van der Waals surface area contributed by atoms with E-state index in [2.05, 4.69) is 52.0 Å². The molecule has 0 radical (unpaired) electrons. The first-order chi connectivity index (χ1) is 6.59. The number of hydrogen-bond donors (Lipinski definition) is 0. The third-order valence-electron chi connectivity index (χ3n) is 2.37. The van der Waals surface area contributed by atoms with Crippen LogP contribution in [0, 0.1) is 0 Å². The van der Waals surface area contributed by atoms with Crippen molar-refractivity contribution in [2.24, 2.45) is 0 Å². The third kappa shape index (κ3) is 3.80. The molecule has 1 rings (SSSR count). The summed E-state index contributed by atoms with van der Waals surface area (Å²) in [5, 5.41) is 3.48. The minimum atomic E-state index is -0.0138. The van der Waals surface area contributed by atoms with Crippen LogP contribution in [0.2, 0.25) is 11.1 Å². The largest absolute Gasteiger partial charge is 0.0680 e. The molecule has 0 saturated heterocycles. The van der Waals surface area contributed by atoms with Crippen molar-refractivity contribution in [2.75, 3.05) is 0 Å². The second-order valence-corrected chi connectivity index (χ2v) is 10.6. The van der Waals surface area contributed by atoms with Gasteiger partial charge in [0.1, 0.15) is 0 Å². The van der Waals surface area contributed by atoms with Gasteiger partial charge in [0, 0.05) is 0 Å². The fraction of sp³-hybridized carbons (Fsp3) is 0.500. The smallest absolute Gasteiger partial charge is 0.0571 e. The summed E-state index contributed by atoms with van der Waals surface area (Å²) >= 11 is 0. The highest BCUT2D eigenvalue weighted by Crippen LogP contribution is 1.99. The molecule has 0 amide bonds. The van der Waals surface area contributed by atoms with E-state index in [0.717, 1.165) is 11.1 Å². The van der Waals surface area contributed by atoms with Gasteiger partial charge < -0.3 is 0 Å². The molecule has 0 aliphatic heterocycles. The molecule has 0 spiro atoms. The average Bonchev–Trinajstić information content (AvgIpc) is 2.06. The fourth-order valence-corrected chi connectivity index (χ4v) is 5.77. The molecule has 0 unspecified atom stereocenters. The van der Waals surface area contributed by atoms with Crippen LogP contribution >= 0.6 is 0 Å². The van der Waals surface area contributed by atoms with E-state index in [1.165, 1.54) is 0 Å². The summed E-state index contributed by atoms with van der Waals surface area (Å²) in [4.78, 5) is 0. The van der Waals surface area contributed by atoms with Gasteiger partial charge in [0.2, 0.25) is 0 Å². The summed E-state index contributed by atoms with van der Waals surface area (Å²) < 4.78 is 0. The van der Waals surface area contributed by atoms with E-state index >= 15 is 0 Å². The van der Waals surface area contributed by atoms with Crippen LogP contribution in [0.3, 0.4) is 0 Å². The second-order valence-electron chi connectivity index (χ2n) is 4.96. The molecule has 0 aliphatic carbocycles. The summed E-state index contributed by atoms with van der Waals surface area (Å²) in [7, 11) is -0.0276. The van der Waals surface area contributed by atoms with E-state index in [4.69, 9.17) is 0 Å². The lowest BCUT2D eigenvalue weighted by Crippen LogP contribution is -2.37. The van der Waals surface area contributed by atoms with Gasteiger partial charge in [0.25, 0.3) is 0 Å². The van der Waals surface area contributed by atoms with Crippen molar-refractivity contribution in [1.82, 2.24) is 0 Å². The molecular weight excluding hydrogens is 200 g/mol. The Balaban J connectivity index is 2.80. The van der Waals surface area contributed by atoms with Gasteiger partial charge in [0.05, 0.1) is 19.0 Å². The van der Waals surface area contributed by atoms with E-state index in [1.54, 1.807) is 10.4 Å². The van der Waals surface area contributed by atoms with Gasteiger partial charge in [-0.3, -0.25) is 0 Å². The lowest BCUT2D eigenvalue weighted by molar-refractivity contribution is 1.06. The molecule has 0 bridgehead atoms. The molecular formula is C12H22Si2. The number of rotatable bonds is 4. The summed E-state index contributed by atoms with van der Waals surface area (Å²) in [6.45, 7) is 9.44.